The maximum Gasteiger partial charge on any atom is 0.338 e. The molecule has 0 unspecified atom stereocenters. The molecule has 2 saturated heterocycles. The second-order valence-corrected chi connectivity index (χ2v) is 6.81. The molecule has 0 saturated carbocycles. The standard InChI is InChI=1S/C15H16BrNO5/c16-11-5-6-13-14(8-7-12(11)21-13)22-15(18)9-1-3-10(4-2-9)17(19)20/h1-4,11-14H,5-8H2/t11-,12-,13-,14-/m1/s1. The number of carbonyl (C=O) groups excluding carboxylic acids is 1. The van der Waals surface area contributed by atoms with Crippen molar-refractivity contribution >= 4 is 27.6 Å². The van der Waals surface area contributed by atoms with Crippen molar-refractivity contribution in [2.75, 3.05) is 0 Å². The van der Waals surface area contributed by atoms with Gasteiger partial charge < -0.3 is 9.47 Å². The number of esters is 1. The fourth-order valence-corrected chi connectivity index (χ4v) is 3.64. The maximum atomic E-state index is 12.2. The van der Waals surface area contributed by atoms with Gasteiger partial charge in [-0.05, 0) is 37.8 Å². The van der Waals surface area contributed by atoms with E-state index >= 15 is 0 Å². The monoisotopic (exact) mass is 369 g/mol. The summed E-state index contributed by atoms with van der Waals surface area (Å²) in [5, 5.41) is 10.6. The Balaban J connectivity index is 1.63. The highest BCUT2D eigenvalue weighted by Crippen LogP contribution is 2.36. The molecular formula is C15H16BrNO5. The van der Waals surface area contributed by atoms with Crippen LogP contribution in [0.3, 0.4) is 0 Å². The lowest BCUT2D eigenvalue weighted by molar-refractivity contribution is -0.384. The van der Waals surface area contributed by atoms with Crippen LogP contribution in [-0.4, -0.2) is 34.0 Å². The molecule has 0 N–H and O–H groups in total. The van der Waals surface area contributed by atoms with Crippen molar-refractivity contribution in [3.63, 3.8) is 0 Å². The SMILES string of the molecule is O=C(O[C@@H]1CC[C@H]2O[C@@H]1CC[C@H]2Br)c1ccc([N+](=O)[O-])cc1. The molecule has 0 aliphatic carbocycles. The molecule has 118 valence electrons. The van der Waals surface area contributed by atoms with Crippen LogP contribution in [0.1, 0.15) is 36.0 Å². The molecule has 7 heteroatoms. The van der Waals surface area contributed by atoms with Crippen LogP contribution in [0.25, 0.3) is 0 Å². The molecule has 4 atom stereocenters. The van der Waals surface area contributed by atoms with Crippen molar-refractivity contribution in [2.24, 2.45) is 0 Å². The van der Waals surface area contributed by atoms with Gasteiger partial charge in [0, 0.05) is 17.0 Å². The normalized spacial score (nSPS) is 30.6. The highest BCUT2D eigenvalue weighted by atomic mass is 79.9. The maximum absolute atomic E-state index is 12.2. The summed E-state index contributed by atoms with van der Waals surface area (Å²) in [6.07, 6.45) is 3.45. The summed E-state index contributed by atoms with van der Waals surface area (Å²) in [6, 6.07) is 5.45. The third kappa shape index (κ3) is 3.15. The smallest absolute Gasteiger partial charge is 0.338 e. The molecule has 0 aromatic heterocycles. The van der Waals surface area contributed by atoms with Crippen LogP contribution in [0.5, 0.6) is 0 Å². The zero-order valence-corrected chi connectivity index (χ0v) is 13.4. The zero-order valence-electron chi connectivity index (χ0n) is 11.8. The van der Waals surface area contributed by atoms with E-state index in [9.17, 15) is 14.9 Å². The molecule has 2 fully saturated rings. The predicted octanol–water partition coefficient (Wildman–Crippen LogP) is 3.23. The van der Waals surface area contributed by atoms with Crippen LogP contribution >= 0.6 is 15.9 Å². The van der Waals surface area contributed by atoms with Crippen LogP contribution in [0, 0.1) is 10.1 Å². The summed E-state index contributed by atoms with van der Waals surface area (Å²) in [6.45, 7) is 0. The number of rotatable bonds is 3. The third-order valence-electron chi connectivity index (χ3n) is 4.20. The first kappa shape index (κ1) is 15.4. The van der Waals surface area contributed by atoms with E-state index in [-0.39, 0.29) is 24.0 Å². The quantitative estimate of drug-likeness (QED) is 0.353. The topological polar surface area (TPSA) is 78.7 Å². The Bertz CT molecular complexity index is 576. The number of carbonyl (C=O) groups is 1. The number of non-ortho nitro benzene ring substituents is 1. The molecular weight excluding hydrogens is 354 g/mol. The molecule has 2 bridgehead atoms. The van der Waals surface area contributed by atoms with Gasteiger partial charge in [0.2, 0.25) is 0 Å². The Hall–Kier alpha value is -1.47. The first-order valence-electron chi connectivity index (χ1n) is 7.29. The summed E-state index contributed by atoms with van der Waals surface area (Å²) >= 11 is 3.61. The second-order valence-electron chi connectivity index (χ2n) is 5.63. The van der Waals surface area contributed by atoms with E-state index in [4.69, 9.17) is 9.47 Å². The van der Waals surface area contributed by atoms with E-state index in [1.807, 2.05) is 0 Å². The number of halogens is 1. The number of hydrogen-bond acceptors (Lipinski definition) is 5. The fraction of sp³-hybridized carbons (Fsp3) is 0.533. The Morgan fingerprint density at radius 1 is 1.18 bits per heavy atom. The number of nitro groups is 1. The number of nitrogens with zero attached hydrogens (tertiary/aromatic N) is 1. The summed E-state index contributed by atoms with van der Waals surface area (Å²) < 4.78 is 11.5. The van der Waals surface area contributed by atoms with Crippen LogP contribution < -0.4 is 0 Å². The summed E-state index contributed by atoms with van der Waals surface area (Å²) in [5.74, 6) is -0.456. The molecule has 22 heavy (non-hydrogen) atoms. The van der Waals surface area contributed by atoms with Crippen molar-refractivity contribution in [1.82, 2.24) is 0 Å². The van der Waals surface area contributed by atoms with Crippen molar-refractivity contribution in [1.29, 1.82) is 0 Å². The minimum Gasteiger partial charge on any atom is -0.456 e. The Morgan fingerprint density at radius 3 is 2.55 bits per heavy atom. The highest BCUT2D eigenvalue weighted by Gasteiger charge is 2.40. The molecule has 2 heterocycles. The van der Waals surface area contributed by atoms with Crippen molar-refractivity contribution < 1.29 is 19.2 Å². The zero-order chi connectivity index (χ0) is 15.7. The molecule has 6 nitrogen and oxygen atoms in total. The van der Waals surface area contributed by atoms with Gasteiger partial charge in [0.1, 0.15) is 6.10 Å². The minimum absolute atomic E-state index is 0.0453. The van der Waals surface area contributed by atoms with Crippen LogP contribution in [0.2, 0.25) is 0 Å². The number of nitro benzene ring substituents is 1. The summed E-state index contributed by atoms with van der Waals surface area (Å²) in [5.41, 5.74) is 0.276. The van der Waals surface area contributed by atoms with Gasteiger partial charge in [0.15, 0.2) is 0 Å². The van der Waals surface area contributed by atoms with E-state index in [1.165, 1.54) is 24.3 Å². The van der Waals surface area contributed by atoms with Gasteiger partial charge in [-0.2, -0.15) is 0 Å². The van der Waals surface area contributed by atoms with Crippen LogP contribution in [0.4, 0.5) is 5.69 Å². The number of ether oxygens (including phenoxy) is 2. The van der Waals surface area contributed by atoms with Crippen molar-refractivity contribution in [3.8, 4) is 0 Å². The number of hydrogen-bond donors (Lipinski definition) is 0. The van der Waals surface area contributed by atoms with Gasteiger partial charge in [-0.15, -0.1) is 0 Å². The minimum atomic E-state index is -0.497. The average molecular weight is 370 g/mol. The van der Waals surface area contributed by atoms with Gasteiger partial charge in [0.05, 0.1) is 22.7 Å². The lowest BCUT2D eigenvalue weighted by atomic mass is 9.89. The van der Waals surface area contributed by atoms with E-state index in [0.717, 1.165) is 25.7 Å². The molecule has 0 amide bonds. The number of benzene rings is 1. The third-order valence-corrected chi connectivity index (χ3v) is 5.25. The second kappa shape index (κ2) is 6.34. The first-order valence-corrected chi connectivity index (χ1v) is 8.21. The van der Waals surface area contributed by atoms with Gasteiger partial charge in [-0.25, -0.2) is 4.79 Å². The lowest BCUT2D eigenvalue weighted by Gasteiger charge is -2.42. The summed E-state index contributed by atoms with van der Waals surface area (Å²) in [7, 11) is 0. The summed E-state index contributed by atoms with van der Waals surface area (Å²) in [4.78, 5) is 22.7. The van der Waals surface area contributed by atoms with Crippen LogP contribution in [0.15, 0.2) is 24.3 Å². The van der Waals surface area contributed by atoms with E-state index in [1.54, 1.807) is 0 Å². The van der Waals surface area contributed by atoms with E-state index in [2.05, 4.69) is 15.9 Å². The molecule has 0 radical (unpaired) electrons. The van der Waals surface area contributed by atoms with Gasteiger partial charge in [-0.3, -0.25) is 10.1 Å². The number of fused-ring (bicyclic) bond motifs is 2. The first-order chi connectivity index (χ1) is 10.5. The molecule has 2 aliphatic heterocycles. The Morgan fingerprint density at radius 2 is 1.86 bits per heavy atom. The number of alkyl halides is 1. The van der Waals surface area contributed by atoms with E-state index in [0.29, 0.717) is 10.4 Å². The molecule has 1 aromatic rings. The van der Waals surface area contributed by atoms with E-state index < -0.39 is 10.9 Å². The van der Waals surface area contributed by atoms with Gasteiger partial charge in [0.25, 0.3) is 5.69 Å². The largest absolute Gasteiger partial charge is 0.456 e. The fourth-order valence-electron chi connectivity index (χ4n) is 2.98. The Kier molecular flexibility index (Phi) is 4.44. The predicted molar refractivity (Wildman–Crippen MR) is 82.1 cm³/mol. The van der Waals surface area contributed by atoms with Crippen LogP contribution in [-0.2, 0) is 9.47 Å². The molecule has 2 aliphatic rings. The van der Waals surface area contributed by atoms with Gasteiger partial charge >= 0.3 is 5.97 Å². The average Bonchev–Trinajstić information content (AvgIpc) is 2.53. The molecule has 0 spiro atoms. The molecule has 1 aromatic carbocycles. The van der Waals surface area contributed by atoms with Gasteiger partial charge in [-0.1, -0.05) is 15.9 Å². The lowest BCUT2D eigenvalue weighted by Crippen LogP contribution is -2.48. The molecule has 3 rings (SSSR count). The van der Waals surface area contributed by atoms with Crippen molar-refractivity contribution in [2.45, 2.75) is 48.8 Å². The van der Waals surface area contributed by atoms with Crippen molar-refractivity contribution in [3.05, 3.63) is 39.9 Å². The highest BCUT2D eigenvalue weighted by molar-refractivity contribution is 9.09. The Labute approximate surface area is 136 Å².